The van der Waals surface area contributed by atoms with Crippen LogP contribution in [-0.4, -0.2) is 26.4 Å². The number of rotatable bonds is 4. The second kappa shape index (κ2) is 4.90. The summed E-state index contributed by atoms with van der Waals surface area (Å²) in [7, 11) is 3.77. The van der Waals surface area contributed by atoms with Crippen molar-refractivity contribution in [2.75, 3.05) is 14.2 Å². The van der Waals surface area contributed by atoms with Gasteiger partial charge in [0, 0.05) is 17.5 Å². The van der Waals surface area contributed by atoms with Crippen molar-refractivity contribution in [3.63, 3.8) is 0 Å². The summed E-state index contributed by atoms with van der Waals surface area (Å²) in [6.45, 7) is 0. The Kier molecular flexibility index (Phi) is 3.27. The fraction of sp³-hybridized carbons (Fsp3) is 0.600. The molecule has 18 heavy (non-hydrogen) atoms. The third kappa shape index (κ3) is 1.91. The average Bonchev–Trinajstić information content (AvgIpc) is 3.03. The Hall–Kier alpha value is -1.06. The summed E-state index contributed by atoms with van der Waals surface area (Å²) < 4.78 is 11.5. The zero-order valence-electron chi connectivity index (χ0n) is 11.1. The van der Waals surface area contributed by atoms with Crippen LogP contribution < -0.4 is 10.1 Å². The van der Waals surface area contributed by atoms with Gasteiger partial charge in [-0.2, -0.15) is 0 Å². The van der Waals surface area contributed by atoms with Crippen LogP contribution in [0.15, 0.2) is 24.3 Å². The van der Waals surface area contributed by atoms with Gasteiger partial charge in [-0.15, -0.1) is 0 Å². The quantitative estimate of drug-likeness (QED) is 0.887. The molecule has 2 aliphatic rings. The van der Waals surface area contributed by atoms with E-state index in [0.717, 1.165) is 5.75 Å². The number of ether oxygens (including phenoxy) is 2. The van der Waals surface area contributed by atoms with Gasteiger partial charge in [0.2, 0.25) is 0 Å². The number of nitrogens with one attached hydrogen (secondary N) is 1. The summed E-state index contributed by atoms with van der Waals surface area (Å²) in [5.41, 5.74) is 1.25. The summed E-state index contributed by atoms with van der Waals surface area (Å²) in [5.74, 6) is 1.55. The van der Waals surface area contributed by atoms with Gasteiger partial charge in [-0.25, -0.2) is 0 Å². The van der Waals surface area contributed by atoms with Gasteiger partial charge in [0.1, 0.15) is 5.75 Å². The fourth-order valence-corrected chi connectivity index (χ4v) is 3.55. The molecule has 0 aromatic heterocycles. The standard InChI is InChI=1S/C15H21NO2/c1-16-15(11-5-3-4-6-13(11)17-2)12-9-10-7-8-14(12)18-10/h3-6,10,12,14-16H,7-9H2,1-2H3. The third-order valence-corrected chi connectivity index (χ3v) is 4.37. The number of fused-ring (bicyclic) bond motifs is 2. The van der Waals surface area contributed by atoms with E-state index in [9.17, 15) is 0 Å². The molecule has 3 rings (SSSR count). The van der Waals surface area contributed by atoms with Crippen molar-refractivity contribution in [1.29, 1.82) is 0 Å². The predicted molar refractivity (Wildman–Crippen MR) is 70.8 cm³/mol. The Bertz CT molecular complexity index is 421. The second-order valence-electron chi connectivity index (χ2n) is 5.28. The number of benzene rings is 1. The highest BCUT2D eigenvalue weighted by molar-refractivity contribution is 5.36. The van der Waals surface area contributed by atoms with Crippen LogP contribution in [0, 0.1) is 5.92 Å². The lowest BCUT2D eigenvalue weighted by Gasteiger charge is -2.29. The van der Waals surface area contributed by atoms with Crippen molar-refractivity contribution in [1.82, 2.24) is 5.32 Å². The van der Waals surface area contributed by atoms with Gasteiger partial charge in [-0.1, -0.05) is 18.2 Å². The lowest BCUT2D eigenvalue weighted by molar-refractivity contribution is 0.0861. The first-order valence-electron chi connectivity index (χ1n) is 6.79. The van der Waals surface area contributed by atoms with Gasteiger partial charge < -0.3 is 14.8 Å². The minimum absolute atomic E-state index is 0.330. The molecule has 0 spiro atoms. The topological polar surface area (TPSA) is 30.5 Å². The lowest BCUT2D eigenvalue weighted by Crippen LogP contribution is -2.32. The van der Waals surface area contributed by atoms with Gasteiger partial charge in [-0.05, 0) is 32.4 Å². The fourth-order valence-electron chi connectivity index (χ4n) is 3.55. The number of para-hydroxylation sites is 1. The summed E-state index contributed by atoms with van der Waals surface area (Å²) in [5, 5.41) is 3.46. The van der Waals surface area contributed by atoms with Crippen LogP contribution in [0.4, 0.5) is 0 Å². The largest absolute Gasteiger partial charge is 0.496 e. The van der Waals surface area contributed by atoms with Gasteiger partial charge in [0.25, 0.3) is 0 Å². The Balaban J connectivity index is 1.88. The van der Waals surface area contributed by atoms with E-state index >= 15 is 0 Å². The molecule has 2 aliphatic heterocycles. The van der Waals surface area contributed by atoms with Crippen molar-refractivity contribution in [2.45, 2.75) is 37.5 Å². The van der Waals surface area contributed by atoms with E-state index in [0.29, 0.717) is 24.2 Å². The smallest absolute Gasteiger partial charge is 0.123 e. The van der Waals surface area contributed by atoms with E-state index in [1.165, 1.54) is 24.8 Å². The molecule has 1 aromatic rings. The lowest BCUT2D eigenvalue weighted by atomic mass is 9.81. The molecule has 0 aliphatic carbocycles. The Labute approximate surface area is 108 Å². The highest BCUT2D eigenvalue weighted by atomic mass is 16.5. The summed E-state index contributed by atoms with van der Waals surface area (Å²) >= 11 is 0. The van der Waals surface area contributed by atoms with E-state index in [-0.39, 0.29) is 0 Å². The van der Waals surface area contributed by atoms with Crippen LogP contribution in [0.5, 0.6) is 5.75 Å². The number of hydrogen-bond donors (Lipinski definition) is 1. The molecular weight excluding hydrogens is 226 g/mol. The SMILES string of the molecule is CNC(c1ccccc1OC)C1CC2CCC1O2. The first kappa shape index (κ1) is 12.0. The molecule has 0 amide bonds. The predicted octanol–water partition coefficient (Wildman–Crippen LogP) is 2.52. The zero-order valence-corrected chi connectivity index (χ0v) is 11.1. The Morgan fingerprint density at radius 2 is 2.17 bits per heavy atom. The summed E-state index contributed by atoms with van der Waals surface area (Å²) in [4.78, 5) is 0. The molecule has 2 saturated heterocycles. The number of hydrogen-bond acceptors (Lipinski definition) is 3. The number of methoxy groups -OCH3 is 1. The summed E-state index contributed by atoms with van der Waals surface area (Å²) in [6, 6.07) is 8.62. The van der Waals surface area contributed by atoms with Crippen LogP contribution in [0.3, 0.4) is 0 Å². The van der Waals surface area contributed by atoms with Crippen LogP contribution in [0.2, 0.25) is 0 Å². The molecule has 0 saturated carbocycles. The van der Waals surface area contributed by atoms with Crippen LogP contribution in [0.1, 0.15) is 30.9 Å². The highest BCUT2D eigenvalue weighted by Gasteiger charge is 2.44. The van der Waals surface area contributed by atoms with Crippen LogP contribution >= 0.6 is 0 Å². The van der Waals surface area contributed by atoms with Crippen molar-refractivity contribution in [3.05, 3.63) is 29.8 Å². The average molecular weight is 247 g/mol. The monoisotopic (exact) mass is 247 g/mol. The van der Waals surface area contributed by atoms with Crippen molar-refractivity contribution < 1.29 is 9.47 Å². The maximum Gasteiger partial charge on any atom is 0.123 e. The molecule has 4 atom stereocenters. The van der Waals surface area contributed by atoms with Gasteiger partial charge in [-0.3, -0.25) is 0 Å². The van der Waals surface area contributed by atoms with Gasteiger partial charge in [0.15, 0.2) is 0 Å². The highest BCUT2D eigenvalue weighted by Crippen LogP contribution is 2.45. The molecule has 3 nitrogen and oxygen atoms in total. The zero-order chi connectivity index (χ0) is 12.5. The van der Waals surface area contributed by atoms with E-state index < -0.39 is 0 Å². The second-order valence-corrected chi connectivity index (χ2v) is 5.28. The van der Waals surface area contributed by atoms with E-state index in [2.05, 4.69) is 17.4 Å². The minimum atomic E-state index is 0.330. The molecule has 3 heteroatoms. The normalized spacial score (nSPS) is 31.6. The molecule has 1 aromatic carbocycles. The molecule has 2 bridgehead atoms. The molecule has 2 heterocycles. The van der Waals surface area contributed by atoms with E-state index in [1.807, 2.05) is 19.2 Å². The van der Waals surface area contributed by atoms with Crippen LogP contribution in [0.25, 0.3) is 0 Å². The first-order chi connectivity index (χ1) is 8.83. The van der Waals surface area contributed by atoms with E-state index in [1.54, 1.807) is 7.11 Å². The molecule has 4 unspecified atom stereocenters. The van der Waals surface area contributed by atoms with Crippen molar-refractivity contribution in [3.8, 4) is 5.75 Å². The van der Waals surface area contributed by atoms with Crippen molar-refractivity contribution in [2.24, 2.45) is 5.92 Å². The van der Waals surface area contributed by atoms with E-state index in [4.69, 9.17) is 9.47 Å². The molecular formula is C15H21NO2. The third-order valence-electron chi connectivity index (χ3n) is 4.37. The van der Waals surface area contributed by atoms with Gasteiger partial charge >= 0.3 is 0 Å². The maximum atomic E-state index is 5.98. The molecule has 1 N–H and O–H groups in total. The Morgan fingerprint density at radius 3 is 2.78 bits per heavy atom. The molecule has 0 radical (unpaired) electrons. The van der Waals surface area contributed by atoms with Gasteiger partial charge in [0.05, 0.1) is 19.3 Å². The van der Waals surface area contributed by atoms with Crippen LogP contribution in [-0.2, 0) is 4.74 Å². The first-order valence-corrected chi connectivity index (χ1v) is 6.79. The maximum absolute atomic E-state index is 5.98. The minimum Gasteiger partial charge on any atom is -0.496 e. The molecule has 2 fully saturated rings. The Morgan fingerprint density at radius 1 is 1.33 bits per heavy atom. The van der Waals surface area contributed by atoms with Crippen molar-refractivity contribution >= 4 is 0 Å². The molecule has 98 valence electrons. The summed E-state index contributed by atoms with van der Waals surface area (Å²) in [6.07, 6.45) is 4.54.